The Hall–Kier alpha value is -2.02. The third-order valence-corrected chi connectivity index (χ3v) is 4.18. The van der Waals surface area contributed by atoms with Gasteiger partial charge in [0, 0.05) is 14.1 Å². The average Bonchev–Trinajstić information content (AvgIpc) is 2.76. The number of hydrogen-bond donors (Lipinski definition) is 0. The molecule has 13 heteroatoms. The van der Waals surface area contributed by atoms with Gasteiger partial charge in [0.1, 0.15) is 12.9 Å². The second-order valence-corrected chi connectivity index (χ2v) is 6.24. The van der Waals surface area contributed by atoms with Crippen molar-refractivity contribution in [2.75, 3.05) is 14.1 Å². The summed E-state index contributed by atoms with van der Waals surface area (Å²) in [7, 11) is -1.53. The Bertz CT molecular complexity index is 837. The molecule has 0 unspecified atom stereocenters. The van der Waals surface area contributed by atoms with Crippen molar-refractivity contribution in [2.45, 2.75) is 17.7 Å². The van der Waals surface area contributed by atoms with Gasteiger partial charge in [0.05, 0.1) is 0 Å². The summed E-state index contributed by atoms with van der Waals surface area (Å²) in [5.41, 5.74) is -1.63. The normalized spacial score (nSPS) is 13.2. The topological polar surface area (TPSA) is 102 Å². The maximum Gasteiger partial charge on any atom is 0.408 e. The first kappa shape index (κ1) is 15.4. The molecule has 0 N–H and O–H groups in total. The van der Waals surface area contributed by atoms with Gasteiger partial charge in [-0.3, -0.25) is 0 Å². The van der Waals surface area contributed by atoms with Gasteiger partial charge in [0.25, 0.3) is 10.0 Å². The van der Waals surface area contributed by atoms with Gasteiger partial charge in [0.15, 0.2) is 0 Å². The summed E-state index contributed by atoms with van der Waals surface area (Å²) in [6, 6.07) is 0. The fraction of sp³-hybridized carbons (Fsp3) is 0.500. The molecule has 0 fully saturated rings. The van der Waals surface area contributed by atoms with E-state index in [2.05, 4.69) is 15.3 Å². The van der Waals surface area contributed by atoms with Gasteiger partial charge in [0.2, 0.25) is 10.7 Å². The SMILES string of the molecule is CN(C)S(=O)(=O)c1ncn2c(=O)n(CC(F)(F)F)nnc12. The molecule has 0 saturated heterocycles. The molecule has 0 aliphatic carbocycles. The van der Waals surface area contributed by atoms with Crippen molar-refractivity contribution in [3.05, 3.63) is 16.8 Å². The Balaban J connectivity index is 2.64. The number of alkyl halides is 3. The van der Waals surface area contributed by atoms with E-state index in [4.69, 9.17) is 0 Å². The second-order valence-electron chi connectivity index (χ2n) is 4.18. The Morgan fingerprint density at radius 3 is 2.48 bits per heavy atom. The molecular formula is C8H9F3N6O3S. The zero-order chi connectivity index (χ0) is 16.0. The van der Waals surface area contributed by atoms with E-state index in [1.807, 2.05) is 0 Å². The molecule has 0 aliphatic heterocycles. The number of nitrogens with zero attached hydrogens (tertiary/aromatic N) is 6. The number of sulfonamides is 1. The van der Waals surface area contributed by atoms with Gasteiger partial charge in [-0.2, -0.15) is 17.9 Å². The van der Waals surface area contributed by atoms with Crippen LogP contribution in [0.3, 0.4) is 0 Å². The first-order valence-electron chi connectivity index (χ1n) is 5.34. The molecule has 0 radical (unpaired) electrons. The monoisotopic (exact) mass is 326 g/mol. The fourth-order valence-corrected chi connectivity index (χ4v) is 2.34. The number of halogens is 3. The molecule has 0 spiro atoms. The molecule has 0 bridgehead atoms. The number of aromatic nitrogens is 5. The fourth-order valence-electron chi connectivity index (χ4n) is 1.44. The maximum atomic E-state index is 12.3. The van der Waals surface area contributed by atoms with E-state index in [0.29, 0.717) is 4.40 Å². The number of hydrogen-bond acceptors (Lipinski definition) is 6. The molecule has 9 nitrogen and oxygen atoms in total. The lowest BCUT2D eigenvalue weighted by atomic mass is 10.6. The highest BCUT2D eigenvalue weighted by Gasteiger charge is 2.31. The summed E-state index contributed by atoms with van der Waals surface area (Å²) in [6.07, 6.45) is -3.87. The Morgan fingerprint density at radius 2 is 1.95 bits per heavy atom. The number of fused-ring (bicyclic) bond motifs is 1. The van der Waals surface area contributed by atoms with Crippen LogP contribution < -0.4 is 5.69 Å². The molecule has 2 aromatic heterocycles. The van der Waals surface area contributed by atoms with Gasteiger partial charge in [-0.25, -0.2) is 26.9 Å². The highest BCUT2D eigenvalue weighted by molar-refractivity contribution is 7.89. The zero-order valence-electron chi connectivity index (χ0n) is 10.7. The lowest BCUT2D eigenvalue weighted by molar-refractivity contribution is -0.144. The van der Waals surface area contributed by atoms with E-state index in [-0.39, 0.29) is 4.68 Å². The summed E-state index contributed by atoms with van der Waals surface area (Å²) in [4.78, 5) is 15.3. The van der Waals surface area contributed by atoms with Gasteiger partial charge in [-0.15, -0.1) is 5.10 Å². The van der Waals surface area contributed by atoms with Crippen molar-refractivity contribution in [1.29, 1.82) is 0 Å². The molecule has 0 atom stereocenters. The van der Waals surface area contributed by atoms with E-state index in [0.717, 1.165) is 10.6 Å². The van der Waals surface area contributed by atoms with Crippen molar-refractivity contribution in [2.24, 2.45) is 0 Å². The predicted octanol–water partition coefficient (Wildman–Crippen LogP) is -0.901. The third-order valence-electron chi connectivity index (χ3n) is 2.44. The Morgan fingerprint density at radius 1 is 1.33 bits per heavy atom. The Kier molecular flexibility index (Phi) is 3.49. The van der Waals surface area contributed by atoms with E-state index in [1.54, 1.807) is 0 Å². The van der Waals surface area contributed by atoms with Gasteiger partial charge >= 0.3 is 11.9 Å². The average molecular weight is 326 g/mol. The summed E-state index contributed by atoms with van der Waals surface area (Å²) in [5.74, 6) is 0. The van der Waals surface area contributed by atoms with Crippen LogP contribution in [0.25, 0.3) is 5.65 Å². The minimum atomic E-state index is -4.66. The van der Waals surface area contributed by atoms with Crippen LogP contribution in [0.5, 0.6) is 0 Å². The van der Waals surface area contributed by atoms with Crippen LogP contribution in [0, 0.1) is 0 Å². The molecule has 2 heterocycles. The smallest absolute Gasteiger partial charge is 0.245 e. The van der Waals surface area contributed by atoms with Crippen LogP contribution in [0.4, 0.5) is 13.2 Å². The molecule has 0 amide bonds. The third kappa shape index (κ3) is 2.73. The van der Waals surface area contributed by atoms with E-state index in [1.165, 1.54) is 14.1 Å². The number of imidazole rings is 1. The second kappa shape index (κ2) is 4.77. The van der Waals surface area contributed by atoms with E-state index >= 15 is 0 Å². The molecule has 2 rings (SSSR count). The first-order valence-corrected chi connectivity index (χ1v) is 6.78. The molecular weight excluding hydrogens is 317 g/mol. The minimum Gasteiger partial charge on any atom is -0.245 e. The molecule has 116 valence electrons. The summed E-state index contributed by atoms with van der Waals surface area (Å²) in [5, 5.41) is 5.87. The van der Waals surface area contributed by atoms with Crippen LogP contribution in [-0.2, 0) is 16.6 Å². The molecule has 0 saturated carbocycles. The summed E-state index contributed by atoms with van der Waals surface area (Å²) in [6.45, 7) is -1.64. The van der Waals surface area contributed by atoms with Crippen LogP contribution in [0.2, 0.25) is 0 Å². The van der Waals surface area contributed by atoms with Gasteiger partial charge in [-0.1, -0.05) is 5.21 Å². The van der Waals surface area contributed by atoms with Gasteiger partial charge in [-0.05, 0) is 0 Å². The quantitative estimate of drug-likeness (QED) is 0.724. The molecule has 0 aromatic carbocycles. The van der Waals surface area contributed by atoms with Crippen molar-refractivity contribution in [3.63, 3.8) is 0 Å². The molecule has 0 aliphatic rings. The van der Waals surface area contributed by atoms with E-state index in [9.17, 15) is 26.4 Å². The van der Waals surface area contributed by atoms with Crippen LogP contribution in [0.1, 0.15) is 0 Å². The highest BCUT2D eigenvalue weighted by atomic mass is 32.2. The van der Waals surface area contributed by atoms with Crippen molar-refractivity contribution < 1.29 is 21.6 Å². The number of rotatable bonds is 3. The maximum absolute atomic E-state index is 12.3. The van der Waals surface area contributed by atoms with E-state index < -0.39 is 39.1 Å². The zero-order valence-corrected chi connectivity index (χ0v) is 11.6. The predicted molar refractivity (Wildman–Crippen MR) is 62.0 cm³/mol. The van der Waals surface area contributed by atoms with Gasteiger partial charge < -0.3 is 0 Å². The lowest BCUT2D eigenvalue weighted by Crippen LogP contribution is -2.35. The lowest BCUT2D eigenvalue weighted by Gasteiger charge is -2.09. The summed E-state index contributed by atoms with van der Waals surface area (Å²) >= 11 is 0. The van der Waals surface area contributed by atoms with Crippen molar-refractivity contribution in [3.8, 4) is 0 Å². The molecule has 21 heavy (non-hydrogen) atoms. The van der Waals surface area contributed by atoms with Crippen molar-refractivity contribution >= 4 is 15.7 Å². The largest absolute Gasteiger partial charge is 0.408 e. The Labute approximate surface area is 115 Å². The van der Waals surface area contributed by atoms with Crippen LogP contribution in [-0.4, -0.2) is 57.4 Å². The minimum absolute atomic E-state index is 0.0702. The molecule has 2 aromatic rings. The van der Waals surface area contributed by atoms with Crippen molar-refractivity contribution in [1.82, 2.24) is 28.7 Å². The highest BCUT2D eigenvalue weighted by Crippen LogP contribution is 2.17. The van der Waals surface area contributed by atoms with Crippen LogP contribution >= 0.6 is 0 Å². The summed E-state index contributed by atoms with van der Waals surface area (Å²) < 4.78 is 62.1. The standard InChI is InChI=1S/C8H9F3N6O3S/c1-15(2)21(19,20)6-5-13-14-17(3-8(9,10)11)7(18)16(5)4-12-6/h4H,3H2,1-2H3. The van der Waals surface area contributed by atoms with Crippen LogP contribution in [0.15, 0.2) is 16.1 Å². The first-order chi connectivity index (χ1) is 9.54.